The van der Waals surface area contributed by atoms with Crippen molar-refractivity contribution in [1.82, 2.24) is 14.1 Å². The van der Waals surface area contributed by atoms with Crippen LogP contribution in [-0.2, 0) is 31.9 Å². The summed E-state index contributed by atoms with van der Waals surface area (Å²) in [4.78, 5) is 4.89. The van der Waals surface area contributed by atoms with E-state index in [9.17, 15) is 0 Å². The Morgan fingerprint density at radius 1 is 0.513 bits per heavy atom. The second-order valence-electron chi connectivity index (χ2n) is 21.8. The van der Waals surface area contributed by atoms with Gasteiger partial charge in [0.25, 0.3) is 6.33 Å². The van der Waals surface area contributed by atoms with Gasteiger partial charge < -0.3 is 13.9 Å². The molecule has 3 aliphatic carbocycles. The van der Waals surface area contributed by atoms with E-state index in [-0.39, 0.29) is 32.4 Å². The molecule has 0 unspecified atom stereocenters. The molecule has 0 saturated carbocycles. The first kappa shape index (κ1) is 46.4. The Balaban J connectivity index is 0.00000529. The van der Waals surface area contributed by atoms with Gasteiger partial charge in [-0.05, 0) is 125 Å². The topological polar surface area (TPSA) is 35.9 Å². The van der Waals surface area contributed by atoms with Crippen LogP contribution in [0.1, 0.15) is 71.2 Å². The summed E-state index contributed by atoms with van der Waals surface area (Å²) in [6.45, 7) is 6.69. The fourth-order valence-corrected chi connectivity index (χ4v) is 13.4. The number of para-hydroxylation sites is 3. The van der Waals surface area contributed by atoms with Crippen LogP contribution in [0.25, 0.3) is 83.4 Å². The predicted molar refractivity (Wildman–Crippen MR) is 308 cm³/mol. The smallest absolute Gasteiger partial charge is 0.268 e. The van der Waals surface area contributed by atoms with Gasteiger partial charge in [0.15, 0.2) is 0 Å². The standard InChI is InChI=1S/C72H48N4O.Pt/c1-71(2,3)45-38-39-73-68(41-45)76-65-32-15-10-23-54(65)55-37-35-49(43-67(55)76)77-48-19-16-18-47(42-48)74-44-75-64-31-14-9-22-53(64)52-36-34-46(40-60(52)51-21-5-4-20-50(51)56-27-17-33-66(74)70(56)75)72-61-28-11-6-24-57(61)69(58-25-7-12-29-62(58)72)59-26-8-13-30-63(59)72;/h4-41,69H,1-3H3;/q-2;. The maximum Gasteiger partial charge on any atom is 0.268 e. The first-order chi connectivity index (χ1) is 37.8. The average molecular weight is 1180 g/mol. The zero-order chi connectivity index (χ0) is 51.1. The number of benzene rings is 10. The van der Waals surface area contributed by atoms with Crippen molar-refractivity contribution in [2.45, 2.75) is 37.5 Å². The SMILES string of the molecule is CC(C)(C)c1ccnc(-n2c3[c-]c(Oc4[c-]c(-n5[c-][n+]6c7c(cccc75)-c5ccccc5-c5cc(C78c9ccccc9C(c9ccccc97)c7ccccc78)ccc5-c5ccccc5-6)ccc4)ccc3c3ccccc32)c1.[Pt]. The number of pyridine rings is 1. The van der Waals surface area contributed by atoms with Crippen LogP contribution in [0, 0.1) is 18.5 Å². The molecule has 13 aromatic rings. The van der Waals surface area contributed by atoms with E-state index >= 15 is 0 Å². The summed E-state index contributed by atoms with van der Waals surface area (Å²) in [5.41, 5.74) is 23.0. The van der Waals surface area contributed by atoms with Crippen molar-refractivity contribution in [1.29, 1.82) is 0 Å². The molecular formula is C72H48N4OPt-2. The average Bonchev–Trinajstić information content (AvgIpc) is 3.74. The molecule has 374 valence electrons. The number of hydrogen-bond acceptors (Lipinski definition) is 2. The fourth-order valence-electron chi connectivity index (χ4n) is 13.4. The van der Waals surface area contributed by atoms with Gasteiger partial charge in [0.2, 0.25) is 0 Å². The van der Waals surface area contributed by atoms with E-state index in [2.05, 4.69) is 259 Å². The van der Waals surface area contributed by atoms with Gasteiger partial charge in [0.1, 0.15) is 5.82 Å². The normalized spacial score (nSPS) is 15.4. The molecule has 6 heteroatoms. The monoisotopic (exact) mass is 1180 g/mol. The number of rotatable bonds is 5. The summed E-state index contributed by atoms with van der Waals surface area (Å²) in [6, 6.07) is 89.4. The molecule has 2 bridgehead atoms. The van der Waals surface area contributed by atoms with Crippen LogP contribution < -0.4 is 9.30 Å². The van der Waals surface area contributed by atoms with E-state index in [4.69, 9.17) is 9.72 Å². The van der Waals surface area contributed by atoms with Gasteiger partial charge in [-0.25, -0.2) is 4.98 Å². The Kier molecular flexibility index (Phi) is 10.3. The molecule has 0 saturated heterocycles. The van der Waals surface area contributed by atoms with Crippen LogP contribution in [-0.4, -0.2) is 14.1 Å². The molecule has 1 aliphatic heterocycles. The van der Waals surface area contributed by atoms with Gasteiger partial charge in [0.05, 0.1) is 22.1 Å². The minimum absolute atomic E-state index is 0. The first-order valence-corrected chi connectivity index (χ1v) is 26.6. The van der Waals surface area contributed by atoms with E-state index in [0.29, 0.717) is 11.5 Å². The Morgan fingerprint density at radius 3 is 1.86 bits per heavy atom. The molecular weight excluding hydrogens is 1130 g/mol. The van der Waals surface area contributed by atoms with E-state index < -0.39 is 5.41 Å². The predicted octanol–water partition coefficient (Wildman–Crippen LogP) is 16.4. The van der Waals surface area contributed by atoms with Crippen LogP contribution in [0.3, 0.4) is 0 Å². The summed E-state index contributed by atoms with van der Waals surface area (Å²) in [7, 11) is 0. The first-order valence-electron chi connectivity index (χ1n) is 26.6. The molecule has 0 spiro atoms. The van der Waals surface area contributed by atoms with E-state index in [1.807, 2.05) is 24.4 Å². The quantitative estimate of drug-likeness (QED) is 0.127. The molecule has 4 heterocycles. The maximum atomic E-state index is 6.74. The largest absolute Gasteiger partial charge is 0.510 e. The van der Waals surface area contributed by atoms with Crippen molar-refractivity contribution < 1.29 is 30.4 Å². The van der Waals surface area contributed by atoms with Gasteiger partial charge in [-0.1, -0.05) is 190 Å². The summed E-state index contributed by atoms with van der Waals surface area (Å²) >= 11 is 0. The van der Waals surface area contributed by atoms with Crippen LogP contribution in [0.5, 0.6) is 11.5 Å². The Morgan fingerprint density at radius 2 is 1.12 bits per heavy atom. The van der Waals surface area contributed by atoms with Gasteiger partial charge >= 0.3 is 0 Å². The molecule has 17 rings (SSSR count). The van der Waals surface area contributed by atoms with Crippen LogP contribution in [0.15, 0.2) is 231 Å². The molecule has 0 amide bonds. The van der Waals surface area contributed by atoms with Crippen molar-refractivity contribution in [3.63, 3.8) is 0 Å². The molecule has 5 nitrogen and oxygen atoms in total. The van der Waals surface area contributed by atoms with Gasteiger partial charge in [-0.2, -0.15) is 18.2 Å². The van der Waals surface area contributed by atoms with Crippen molar-refractivity contribution in [2.75, 3.05) is 0 Å². The summed E-state index contributed by atoms with van der Waals surface area (Å²) in [5.74, 6) is 2.20. The third-order valence-electron chi connectivity index (χ3n) is 16.7. The third-order valence-corrected chi connectivity index (χ3v) is 16.7. The Bertz CT molecular complexity index is 4510. The summed E-state index contributed by atoms with van der Waals surface area (Å²) in [6.07, 6.45) is 5.78. The van der Waals surface area contributed by atoms with Gasteiger partial charge in [-0.3, -0.25) is 4.57 Å². The number of hydrogen-bond donors (Lipinski definition) is 0. The second kappa shape index (κ2) is 17.3. The minimum atomic E-state index is -0.513. The fraction of sp³-hybridized carbons (Fsp3) is 0.0833. The van der Waals surface area contributed by atoms with Crippen LogP contribution in [0.4, 0.5) is 0 Å². The molecule has 78 heavy (non-hydrogen) atoms. The molecule has 0 atom stereocenters. The zero-order valence-electron chi connectivity index (χ0n) is 43.0. The Labute approximate surface area is 467 Å². The Hall–Kier alpha value is -8.89. The van der Waals surface area contributed by atoms with Crippen molar-refractivity contribution >= 4 is 32.8 Å². The van der Waals surface area contributed by atoms with Crippen molar-refractivity contribution in [3.8, 4) is 62.1 Å². The number of fused-ring (bicyclic) bond motifs is 10. The van der Waals surface area contributed by atoms with E-state index in [0.717, 1.165) is 72.3 Å². The minimum Gasteiger partial charge on any atom is -0.510 e. The van der Waals surface area contributed by atoms with Gasteiger partial charge in [0, 0.05) is 50.2 Å². The van der Waals surface area contributed by atoms with Crippen molar-refractivity contribution in [2.24, 2.45) is 0 Å². The maximum absolute atomic E-state index is 6.74. The zero-order valence-corrected chi connectivity index (χ0v) is 45.3. The molecule has 4 aliphatic rings. The number of aromatic nitrogens is 4. The second-order valence-corrected chi connectivity index (χ2v) is 21.8. The third kappa shape index (κ3) is 6.58. The number of ether oxygens (including phenoxy) is 1. The molecule has 0 N–H and O–H groups in total. The van der Waals surface area contributed by atoms with Gasteiger partial charge in [-0.15, -0.1) is 29.7 Å². The van der Waals surface area contributed by atoms with Crippen molar-refractivity contribution in [3.05, 3.63) is 294 Å². The number of imidazole rings is 1. The summed E-state index contributed by atoms with van der Waals surface area (Å²) in [5, 5.41) is 2.22. The molecule has 0 fully saturated rings. The van der Waals surface area contributed by atoms with E-state index in [1.165, 1.54) is 55.6 Å². The summed E-state index contributed by atoms with van der Waals surface area (Å²) < 4.78 is 13.3. The molecule has 10 aromatic carbocycles. The molecule has 3 aromatic heterocycles. The van der Waals surface area contributed by atoms with E-state index in [1.54, 1.807) is 0 Å². The van der Waals surface area contributed by atoms with Crippen LogP contribution in [0.2, 0.25) is 0 Å². The molecule has 0 radical (unpaired) electrons. The number of nitrogens with zero attached hydrogens (tertiary/aromatic N) is 4. The van der Waals surface area contributed by atoms with Crippen LogP contribution >= 0.6 is 0 Å².